The molecular formula is C19H23F3N4O. The lowest BCUT2D eigenvalue weighted by Crippen LogP contribution is -2.39. The second-order valence-corrected chi connectivity index (χ2v) is 6.82. The minimum atomic E-state index is -4.49. The standard InChI is InChI=1S/C19H23F3N4O/c1-23-9-5-14-6-10-25(11-7-14)18(27)15-3-2-4-16(13-15)26-12-8-17(24-26)19(20,21)22/h2-4,8,12-14,23H,5-7,9-11H2,1H3. The van der Waals surface area contributed by atoms with Crippen molar-refractivity contribution in [1.29, 1.82) is 0 Å². The Kier molecular flexibility index (Phi) is 5.84. The molecule has 0 spiro atoms. The van der Waals surface area contributed by atoms with Crippen LogP contribution in [0, 0.1) is 5.92 Å². The highest BCUT2D eigenvalue weighted by molar-refractivity contribution is 5.94. The first-order chi connectivity index (χ1) is 12.9. The zero-order valence-electron chi connectivity index (χ0n) is 15.2. The molecule has 27 heavy (non-hydrogen) atoms. The summed E-state index contributed by atoms with van der Waals surface area (Å²) in [5.74, 6) is 0.532. The van der Waals surface area contributed by atoms with Gasteiger partial charge < -0.3 is 10.2 Å². The van der Waals surface area contributed by atoms with Crippen molar-refractivity contribution in [3.05, 3.63) is 47.8 Å². The Morgan fingerprint density at radius 2 is 2.00 bits per heavy atom. The largest absolute Gasteiger partial charge is 0.435 e. The van der Waals surface area contributed by atoms with Crippen LogP contribution in [0.3, 0.4) is 0 Å². The summed E-state index contributed by atoms with van der Waals surface area (Å²) in [6.07, 6.45) is -0.187. The zero-order valence-corrected chi connectivity index (χ0v) is 15.2. The minimum Gasteiger partial charge on any atom is -0.339 e. The molecular weight excluding hydrogens is 357 g/mol. The van der Waals surface area contributed by atoms with Crippen molar-refractivity contribution in [1.82, 2.24) is 20.0 Å². The Labute approximate surface area is 156 Å². The van der Waals surface area contributed by atoms with Crippen LogP contribution in [0.1, 0.15) is 35.3 Å². The fourth-order valence-corrected chi connectivity index (χ4v) is 3.36. The molecule has 1 aliphatic rings. The number of carbonyl (C=O) groups is 1. The SMILES string of the molecule is CNCCC1CCN(C(=O)c2cccc(-n3ccc(C(F)(F)F)n3)c2)CC1. The summed E-state index contributed by atoms with van der Waals surface area (Å²) >= 11 is 0. The van der Waals surface area contributed by atoms with Crippen molar-refractivity contribution >= 4 is 5.91 Å². The second-order valence-electron chi connectivity index (χ2n) is 6.82. The molecule has 8 heteroatoms. The van der Waals surface area contributed by atoms with Gasteiger partial charge in [0.2, 0.25) is 0 Å². The Bertz CT molecular complexity index is 779. The first-order valence-electron chi connectivity index (χ1n) is 9.05. The van der Waals surface area contributed by atoms with Crippen LogP contribution < -0.4 is 5.32 Å². The normalized spacial score (nSPS) is 15.9. The van der Waals surface area contributed by atoms with Crippen LogP contribution in [0.25, 0.3) is 5.69 Å². The molecule has 2 aromatic rings. The third-order valence-corrected chi connectivity index (χ3v) is 4.94. The van der Waals surface area contributed by atoms with E-state index in [0.29, 0.717) is 30.3 Å². The van der Waals surface area contributed by atoms with E-state index in [1.165, 1.54) is 6.20 Å². The molecule has 146 valence electrons. The summed E-state index contributed by atoms with van der Waals surface area (Å²) in [5, 5.41) is 6.71. The smallest absolute Gasteiger partial charge is 0.339 e. The predicted molar refractivity (Wildman–Crippen MR) is 95.7 cm³/mol. The molecule has 1 aromatic carbocycles. The number of rotatable bonds is 5. The number of hydrogen-bond acceptors (Lipinski definition) is 3. The first kappa shape index (κ1) is 19.4. The number of piperidine rings is 1. The maximum absolute atomic E-state index is 12.8. The molecule has 0 unspecified atom stereocenters. The third-order valence-electron chi connectivity index (χ3n) is 4.94. The molecule has 1 amide bonds. The first-order valence-corrected chi connectivity index (χ1v) is 9.05. The minimum absolute atomic E-state index is 0.0906. The Morgan fingerprint density at radius 3 is 2.63 bits per heavy atom. The van der Waals surface area contributed by atoms with Gasteiger partial charge in [-0.15, -0.1) is 0 Å². The highest BCUT2D eigenvalue weighted by Crippen LogP contribution is 2.28. The van der Waals surface area contributed by atoms with Crippen molar-refractivity contribution in [2.24, 2.45) is 5.92 Å². The van der Waals surface area contributed by atoms with Gasteiger partial charge in [0, 0.05) is 24.8 Å². The quantitative estimate of drug-likeness (QED) is 0.866. The van der Waals surface area contributed by atoms with E-state index in [4.69, 9.17) is 0 Å². The van der Waals surface area contributed by atoms with Crippen LogP contribution in [0.5, 0.6) is 0 Å². The van der Waals surface area contributed by atoms with Crippen LogP contribution in [-0.4, -0.2) is 47.3 Å². The van der Waals surface area contributed by atoms with E-state index >= 15 is 0 Å². The maximum Gasteiger partial charge on any atom is 0.435 e. The molecule has 5 nitrogen and oxygen atoms in total. The summed E-state index contributed by atoms with van der Waals surface area (Å²) < 4.78 is 39.4. The third kappa shape index (κ3) is 4.68. The van der Waals surface area contributed by atoms with Crippen molar-refractivity contribution in [3.8, 4) is 5.69 Å². The molecule has 2 heterocycles. The number of alkyl halides is 3. The molecule has 0 radical (unpaired) electrons. The molecule has 1 fully saturated rings. The summed E-state index contributed by atoms with van der Waals surface area (Å²) in [5.41, 5.74) is -0.0617. The van der Waals surface area contributed by atoms with E-state index in [1.807, 2.05) is 11.9 Å². The molecule has 0 aliphatic carbocycles. The van der Waals surface area contributed by atoms with Gasteiger partial charge in [0.15, 0.2) is 5.69 Å². The molecule has 1 N–H and O–H groups in total. The van der Waals surface area contributed by atoms with E-state index in [0.717, 1.165) is 36.6 Å². The highest BCUT2D eigenvalue weighted by Gasteiger charge is 2.33. The number of nitrogens with zero attached hydrogens (tertiary/aromatic N) is 3. The van der Waals surface area contributed by atoms with Gasteiger partial charge in [0.05, 0.1) is 5.69 Å². The average Bonchev–Trinajstić information content (AvgIpc) is 3.17. The van der Waals surface area contributed by atoms with Crippen molar-refractivity contribution in [3.63, 3.8) is 0 Å². The van der Waals surface area contributed by atoms with E-state index in [2.05, 4.69) is 10.4 Å². The summed E-state index contributed by atoms with van der Waals surface area (Å²) in [7, 11) is 1.93. The fraction of sp³-hybridized carbons (Fsp3) is 0.474. The van der Waals surface area contributed by atoms with Gasteiger partial charge in [-0.3, -0.25) is 4.79 Å². The second kappa shape index (κ2) is 8.12. The van der Waals surface area contributed by atoms with Gasteiger partial charge in [-0.1, -0.05) is 6.07 Å². The summed E-state index contributed by atoms with van der Waals surface area (Å²) in [6, 6.07) is 7.49. The van der Waals surface area contributed by atoms with Crippen LogP contribution in [0.4, 0.5) is 13.2 Å². The lowest BCUT2D eigenvalue weighted by Gasteiger charge is -2.32. The van der Waals surface area contributed by atoms with Crippen LogP contribution in [0.15, 0.2) is 36.5 Å². The molecule has 3 rings (SSSR count). The van der Waals surface area contributed by atoms with Gasteiger partial charge in [0.25, 0.3) is 5.91 Å². The Balaban J connectivity index is 1.69. The topological polar surface area (TPSA) is 50.2 Å². The van der Waals surface area contributed by atoms with E-state index < -0.39 is 11.9 Å². The monoisotopic (exact) mass is 380 g/mol. The van der Waals surface area contributed by atoms with Crippen molar-refractivity contribution in [2.45, 2.75) is 25.4 Å². The summed E-state index contributed by atoms with van der Waals surface area (Å²) in [4.78, 5) is 14.6. The van der Waals surface area contributed by atoms with Crippen molar-refractivity contribution in [2.75, 3.05) is 26.7 Å². The van der Waals surface area contributed by atoms with E-state index in [9.17, 15) is 18.0 Å². The van der Waals surface area contributed by atoms with Crippen LogP contribution in [0.2, 0.25) is 0 Å². The Hall–Kier alpha value is -2.35. The zero-order chi connectivity index (χ0) is 19.4. The Morgan fingerprint density at radius 1 is 1.26 bits per heavy atom. The van der Waals surface area contributed by atoms with Crippen LogP contribution in [-0.2, 0) is 6.18 Å². The van der Waals surface area contributed by atoms with Gasteiger partial charge in [-0.25, -0.2) is 4.68 Å². The molecule has 1 aromatic heterocycles. The number of carbonyl (C=O) groups excluding carboxylic acids is 1. The molecule has 0 saturated carbocycles. The van der Waals surface area contributed by atoms with Gasteiger partial charge in [-0.2, -0.15) is 18.3 Å². The van der Waals surface area contributed by atoms with Gasteiger partial charge >= 0.3 is 6.18 Å². The lowest BCUT2D eigenvalue weighted by atomic mass is 9.93. The predicted octanol–water partition coefficient (Wildman–Crippen LogP) is 3.35. The fourth-order valence-electron chi connectivity index (χ4n) is 3.36. The number of likely N-dealkylation sites (tertiary alicyclic amines) is 1. The number of benzene rings is 1. The number of nitrogens with one attached hydrogen (secondary N) is 1. The van der Waals surface area contributed by atoms with E-state index in [1.54, 1.807) is 24.3 Å². The number of aromatic nitrogens is 2. The molecule has 0 atom stereocenters. The van der Waals surface area contributed by atoms with Crippen molar-refractivity contribution < 1.29 is 18.0 Å². The summed E-state index contributed by atoms with van der Waals surface area (Å²) in [6.45, 7) is 2.39. The molecule has 1 saturated heterocycles. The maximum atomic E-state index is 12.8. The van der Waals surface area contributed by atoms with E-state index in [-0.39, 0.29) is 5.91 Å². The average molecular weight is 380 g/mol. The number of amides is 1. The molecule has 1 aliphatic heterocycles. The lowest BCUT2D eigenvalue weighted by molar-refractivity contribution is -0.141. The van der Waals surface area contributed by atoms with Gasteiger partial charge in [0.1, 0.15) is 0 Å². The molecule has 0 bridgehead atoms. The number of hydrogen-bond donors (Lipinski definition) is 1. The van der Waals surface area contributed by atoms with Gasteiger partial charge in [-0.05, 0) is 63.0 Å². The highest BCUT2D eigenvalue weighted by atomic mass is 19.4. The van der Waals surface area contributed by atoms with Crippen LogP contribution >= 0.6 is 0 Å². The number of halogens is 3.